The smallest absolute Gasteiger partial charge is 0.178 e. The molecular weight excluding hydrogens is 173 g/mol. The highest BCUT2D eigenvalue weighted by molar-refractivity contribution is 5.59. The quantitative estimate of drug-likeness (QED) is 0.685. The van der Waals surface area contributed by atoms with Gasteiger partial charge in [-0.1, -0.05) is 0 Å². The first kappa shape index (κ1) is 8.31. The van der Waals surface area contributed by atoms with Gasteiger partial charge in [0.25, 0.3) is 0 Å². The Balaban J connectivity index is 2.47. The van der Waals surface area contributed by atoms with Crippen LogP contribution in [-0.2, 0) is 6.61 Å². The second kappa shape index (κ2) is 3.22. The molecule has 0 bridgehead atoms. The zero-order valence-corrected chi connectivity index (χ0v) is 7.01. The summed E-state index contributed by atoms with van der Waals surface area (Å²) in [5.74, 6) is -0.169. The molecule has 13 heavy (non-hydrogen) atoms. The van der Waals surface area contributed by atoms with Crippen molar-refractivity contribution >= 4 is 5.69 Å². The maximum absolute atomic E-state index is 13.2. The van der Waals surface area contributed by atoms with Crippen LogP contribution in [0.1, 0.15) is 5.56 Å². The van der Waals surface area contributed by atoms with Gasteiger partial charge in [0.15, 0.2) is 11.6 Å². The molecule has 0 fully saturated rings. The Morgan fingerprint density at radius 3 is 3.15 bits per heavy atom. The maximum Gasteiger partial charge on any atom is 0.178 e. The molecule has 0 spiro atoms. The van der Waals surface area contributed by atoms with Gasteiger partial charge < -0.3 is 15.2 Å². The fraction of sp³-hybridized carbons (Fsp3) is 0.333. The van der Waals surface area contributed by atoms with E-state index in [4.69, 9.17) is 9.84 Å². The standard InChI is InChI=1S/C9H10FNO2/c10-7-3-6(5-12)4-8-9(7)13-2-1-11-8/h3-4,11-12H,1-2,5H2. The van der Waals surface area contributed by atoms with Crippen molar-refractivity contribution in [3.8, 4) is 5.75 Å². The molecule has 0 radical (unpaired) electrons. The molecule has 1 aromatic carbocycles. The summed E-state index contributed by atoms with van der Waals surface area (Å²) < 4.78 is 18.4. The van der Waals surface area contributed by atoms with Gasteiger partial charge in [0.05, 0.1) is 12.3 Å². The molecule has 1 aromatic rings. The molecule has 4 heteroatoms. The van der Waals surface area contributed by atoms with Crippen LogP contribution in [0.15, 0.2) is 12.1 Å². The minimum atomic E-state index is -0.422. The van der Waals surface area contributed by atoms with Gasteiger partial charge in [-0.2, -0.15) is 0 Å². The fourth-order valence-electron chi connectivity index (χ4n) is 1.36. The number of anilines is 1. The van der Waals surface area contributed by atoms with Gasteiger partial charge in [-0.05, 0) is 17.7 Å². The zero-order valence-electron chi connectivity index (χ0n) is 7.01. The molecule has 0 amide bonds. The fourth-order valence-corrected chi connectivity index (χ4v) is 1.36. The van der Waals surface area contributed by atoms with E-state index in [0.717, 1.165) is 0 Å². The molecular formula is C9H10FNO2. The van der Waals surface area contributed by atoms with E-state index >= 15 is 0 Å². The van der Waals surface area contributed by atoms with Gasteiger partial charge in [-0.25, -0.2) is 4.39 Å². The number of halogens is 1. The van der Waals surface area contributed by atoms with Gasteiger partial charge in [-0.15, -0.1) is 0 Å². The Hall–Kier alpha value is -1.29. The van der Waals surface area contributed by atoms with Crippen molar-refractivity contribution in [3.63, 3.8) is 0 Å². The lowest BCUT2D eigenvalue weighted by atomic mass is 10.1. The number of aliphatic hydroxyl groups excluding tert-OH is 1. The lowest BCUT2D eigenvalue weighted by molar-refractivity contribution is 0.278. The van der Waals surface area contributed by atoms with Crippen molar-refractivity contribution < 1.29 is 14.2 Å². The zero-order chi connectivity index (χ0) is 9.26. The summed E-state index contributed by atoms with van der Waals surface area (Å²) in [5, 5.41) is 11.8. The van der Waals surface area contributed by atoms with Crippen molar-refractivity contribution in [2.24, 2.45) is 0 Å². The highest BCUT2D eigenvalue weighted by Gasteiger charge is 2.15. The third-order valence-corrected chi connectivity index (χ3v) is 1.95. The third-order valence-electron chi connectivity index (χ3n) is 1.95. The predicted octanol–water partition coefficient (Wildman–Crippen LogP) is 1.12. The van der Waals surface area contributed by atoms with E-state index in [9.17, 15) is 4.39 Å². The first-order chi connectivity index (χ1) is 6.31. The van der Waals surface area contributed by atoms with E-state index in [1.54, 1.807) is 6.07 Å². The first-order valence-corrected chi connectivity index (χ1v) is 4.11. The summed E-state index contributed by atoms with van der Waals surface area (Å²) in [6.07, 6.45) is 0. The number of fused-ring (bicyclic) bond motifs is 1. The second-order valence-electron chi connectivity index (χ2n) is 2.89. The largest absolute Gasteiger partial charge is 0.486 e. The number of rotatable bonds is 1. The summed E-state index contributed by atoms with van der Waals surface area (Å²) in [5.41, 5.74) is 1.17. The molecule has 0 saturated heterocycles. The second-order valence-corrected chi connectivity index (χ2v) is 2.89. The SMILES string of the molecule is OCc1cc(F)c2c(c1)NCCO2. The van der Waals surface area contributed by atoms with Crippen LogP contribution in [0.4, 0.5) is 10.1 Å². The molecule has 70 valence electrons. The summed E-state index contributed by atoms with van der Waals surface area (Å²) in [4.78, 5) is 0. The topological polar surface area (TPSA) is 41.5 Å². The Labute approximate surface area is 75.1 Å². The number of nitrogens with one attached hydrogen (secondary N) is 1. The van der Waals surface area contributed by atoms with Gasteiger partial charge in [0.1, 0.15) is 6.61 Å². The van der Waals surface area contributed by atoms with Crippen molar-refractivity contribution in [1.82, 2.24) is 0 Å². The molecule has 1 heterocycles. The highest BCUT2D eigenvalue weighted by atomic mass is 19.1. The number of benzene rings is 1. The molecule has 0 atom stereocenters. The molecule has 2 rings (SSSR count). The Morgan fingerprint density at radius 2 is 2.38 bits per heavy atom. The Kier molecular flexibility index (Phi) is 2.06. The van der Waals surface area contributed by atoms with Crippen LogP contribution in [0.5, 0.6) is 5.75 Å². The average Bonchev–Trinajstić information content (AvgIpc) is 2.18. The molecule has 2 N–H and O–H groups in total. The molecule has 0 aromatic heterocycles. The Bertz CT molecular complexity index is 328. The van der Waals surface area contributed by atoms with Crippen molar-refractivity contribution in [3.05, 3.63) is 23.5 Å². The lowest BCUT2D eigenvalue weighted by Gasteiger charge is -2.20. The van der Waals surface area contributed by atoms with E-state index in [-0.39, 0.29) is 12.4 Å². The lowest BCUT2D eigenvalue weighted by Crippen LogP contribution is -2.19. The minimum Gasteiger partial charge on any atom is -0.486 e. The molecule has 0 aliphatic carbocycles. The number of ether oxygens (including phenoxy) is 1. The number of hydrogen-bond acceptors (Lipinski definition) is 3. The van der Waals surface area contributed by atoms with Crippen LogP contribution in [0.2, 0.25) is 0 Å². The van der Waals surface area contributed by atoms with Crippen LogP contribution < -0.4 is 10.1 Å². The number of aliphatic hydroxyl groups is 1. The van der Waals surface area contributed by atoms with Gasteiger partial charge >= 0.3 is 0 Å². The monoisotopic (exact) mass is 183 g/mol. The normalized spacial score (nSPS) is 14.3. The molecule has 0 unspecified atom stereocenters. The summed E-state index contributed by atoms with van der Waals surface area (Å²) in [6.45, 7) is 0.982. The summed E-state index contributed by atoms with van der Waals surface area (Å²) >= 11 is 0. The van der Waals surface area contributed by atoms with E-state index in [0.29, 0.717) is 24.4 Å². The van der Waals surface area contributed by atoms with Crippen LogP contribution in [0, 0.1) is 5.82 Å². The molecule has 1 aliphatic rings. The van der Waals surface area contributed by atoms with Gasteiger partial charge in [0, 0.05) is 6.54 Å². The van der Waals surface area contributed by atoms with E-state index < -0.39 is 5.82 Å². The van der Waals surface area contributed by atoms with E-state index in [1.165, 1.54) is 6.07 Å². The van der Waals surface area contributed by atoms with Gasteiger partial charge in [0.2, 0.25) is 0 Å². The van der Waals surface area contributed by atoms with Crippen molar-refractivity contribution in [1.29, 1.82) is 0 Å². The summed E-state index contributed by atoms with van der Waals surface area (Å²) in [7, 11) is 0. The van der Waals surface area contributed by atoms with Crippen LogP contribution in [-0.4, -0.2) is 18.3 Å². The third kappa shape index (κ3) is 1.45. The number of hydrogen-bond donors (Lipinski definition) is 2. The first-order valence-electron chi connectivity index (χ1n) is 4.11. The van der Waals surface area contributed by atoms with Crippen molar-refractivity contribution in [2.45, 2.75) is 6.61 Å². The molecule has 1 aliphatic heterocycles. The van der Waals surface area contributed by atoms with E-state index in [1.807, 2.05) is 0 Å². The highest BCUT2D eigenvalue weighted by Crippen LogP contribution is 2.31. The maximum atomic E-state index is 13.2. The summed E-state index contributed by atoms with van der Waals surface area (Å²) in [6, 6.07) is 2.98. The molecule has 3 nitrogen and oxygen atoms in total. The van der Waals surface area contributed by atoms with Crippen LogP contribution >= 0.6 is 0 Å². The average molecular weight is 183 g/mol. The Morgan fingerprint density at radius 1 is 1.54 bits per heavy atom. The molecule has 0 saturated carbocycles. The minimum absolute atomic E-state index is 0.161. The van der Waals surface area contributed by atoms with Crippen LogP contribution in [0.3, 0.4) is 0 Å². The van der Waals surface area contributed by atoms with Gasteiger partial charge in [-0.3, -0.25) is 0 Å². The van der Waals surface area contributed by atoms with E-state index in [2.05, 4.69) is 5.32 Å². The predicted molar refractivity (Wildman–Crippen MR) is 46.3 cm³/mol. The van der Waals surface area contributed by atoms with Crippen LogP contribution in [0.25, 0.3) is 0 Å². The van der Waals surface area contributed by atoms with Crippen molar-refractivity contribution in [2.75, 3.05) is 18.5 Å².